The molecule has 0 amide bonds. The minimum absolute atomic E-state index is 0.0477. The van der Waals surface area contributed by atoms with E-state index in [1.54, 1.807) is 0 Å². The summed E-state index contributed by atoms with van der Waals surface area (Å²) in [4.78, 5) is 0. The molecule has 0 radical (unpaired) electrons. The van der Waals surface area contributed by atoms with Crippen molar-refractivity contribution in [3.63, 3.8) is 0 Å². The highest BCUT2D eigenvalue weighted by atomic mass is 35.5. The molecule has 0 fully saturated rings. The maximum absolute atomic E-state index is 6.12. The average Bonchev–Trinajstić information content (AvgIpc) is 2.73. The first-order valence-electron chi connectivity index (χ1n) is 5.66. The molecular formula is C13H15ClN2O2. The molecule has 0 aliphatic carbocycles. The molecule has 1 aromatic carbocycles. The summed E-state index contributed by atoms with van der Waals surface area (Å²) >= 11 is 6.12. The molecule has 1 atom stereocenters. The van der Waals surface area contributed by atoms with Crippen LogP contribution in [0.3, 0.4) is 0 Å². The van der Waals surface area contributed by atoms with Crippen molar-refractivity contribution in [2.24, 2.45) is 5.73 Å². The smallest absolute Gasteiger partial charge is 0.174 e. The number of nitrogens with zero attached hydrogens (tertiary/aromatic N) is 1. The molecule has 2 aromatic rings. The van der Waals surface area contributed by atoms with Crippen molar-refractivity contribution in [2.75, 3.05) is 0 Å². The predicted octanol–water partition coefficient (Wildman–Crippen LogP) is 3.24. The molecule has 0 spiro atoms. The molecule has 5 heteroatoms. The van der Waals surface area contributed by atoms with Crippen LogP contribution in [0, 0.1) is 6.92 Å². The van der Waals surface area contributed by atoms with Crippen molar-refractivity contribution < 1.29 is 9.26 Å². The molecule has 1 aromatic heterocycles. The largest absolute Gasteiger partial charge is 0.484 e. The van der Waals surface area contributed by atoms with E-state index >= 15 is 0 Å². The van der Waals surface area contributed by atoms with Crippen LogP contribution in [0.15, 0.2) is 28.8 Å². The minimum Gasteiger partial charge on any atom is -0.484 e. The lowest BCUT2D eigenvalue weighted by Gasteiger charge is -2.10. The Morgan fingerprint density at radius 1 is 1.44 bits per heavy atom. The highest BCUT2D eigenvalue weighted by Gasteiger charge is 2.07. The van der Waals surface area contributed by atoms with Gasteiger partial charge in [0, 0.05) is 12.1 Å². The second kappa shape index (κ2) is 5.42. The molecule has 2 N–H and O–H groups in total. The Bertz CT molecular complexity index is 538. The number of ether oxygens (including phenoxy) is 1. The molecular weight excluding hydrogens is 252 g/mol. The number of halogens is 1. The first-order chi connectivity index (χ1) is 8.56. The Hall–Kier alpha value is -1.52. The summed E-state index contributed by atoms with van der Waals surface area (Å²) in [6.45, 7) is 4.07. The number of benzene rings is 1. The zero-order valence-corrected chi connectivity index (χ0v) is 11.1. The Morgan fingerprint density at radius 2 is 2.22 bits per heavy atom. The zero-order chi connectivity index (χ0) is 13.1. The predicted molar refractivity (Wildman–Crippen MR) is 69.6 cm³/mol. The molecule has 0 saturated carbocycles. The number of rotatable bonds is 4. The van der Waals surface area contributed by atoms with E-state index in [-0.39, 0.29) is 6.04 Å². The maximum atomic E-state index is 6.12. The second-order valence-corrected chi connectivity index (χ2v) is 4.61. The molecule has 0 aliphatic rings. The minimum atomic E-state index is -0.0477. The van der Waals surface area contributed by atoms with Crippen molar-refractivity contribution in [2.45, 2.75) is 26.5 Å². The van der Waals surface area contributed by atoms with Crippen LogP contribution in [-0.4, -0.2) is 5.16 Å². The van der Waals surface area contributed by atoms with Crippen LogP contribution >= 0.6 is 11.6 Å². The van der Waals surface area contributed by atoms with E-state index in [1.165, 1.54) is 0 Å². The summed E-state index contributed by atoms with van der Waals surface area (Å²) in [5.41, 5.74) is 7.58. The number of aromatic nitrogens is 1. The van der Waals surface area contributed by atoms with Gasteiger partial charge in [0.05, 0.1) is 10.7 Å². The normalized spacial score (nSPS) is 12.4. The lowest BCUT2D eigenvalue weighted by molar-refractivity contribution is 0.249. The zero-order valence-electron chi connectivity index (χ0n) is 10.3. The van der Waals surface area contributed by atoms with Crippen LogP contribution in [0.5, 0.6) is 5.75 Å². The van der Waals surface area contributed by atoms with Crippen molar-refractivity contribution >= 4 is 11.6 Å². The van der Waals surface area contributed by atoms with Crippen molar-refractivity contribution in [1.82, 2.24) is 5.16 Å². The molecule has 0 aliphatic heterocycles. The first kappa shape index (κ1) is 12.9. The van der Waals surface area contributed by atoms with Crippen molar-refractivity contribution in [3.05, 3.63) is 46.3 Å². The van der Waals surface area contributed by atoms with Crippen LogP contribution in [0.25, 0.3) is 0 Å². The molecule has 0 saturated heterocycles. The fourth-order valence-corrected chi connectivity index (χ4v) is 1.79. The Labute approximate surface area is 111 Å². The number of aryl methyl sites for hydroxylation is 1. The summed E-state index contributed by atoms with van der Waals surface area (Å²) in [6, 6.07) is 7.30. The van der Waals surface area contributed by atoms with Crippen LogP contribution in [-0.2, 0) is 6.61 Å². The lowest BCUT2D eigenvalue weighted by Crippen LogP contribution is -2.05. The van der Waals surface area contributed by atoms with E-state index in [2.05, 4.69) is 5.16 Å². The first-order valence-corrected chi connectivity index (χ1v) is 6.04. The van der Waals surface area contributed by atoms with Gasteiger partial charge in [-0.2, -0.15) is 0 Å². The fourth-order valence-electron chi connectivity index (χ4n) is 1.55. The van der Waals surface area contributed by atoms with E-state index in [9.17, 15) is 0 Å². The van der Waals surface area contributed by atoms with E-state index in [1.807, 2.05) is 38.1 Å². The van der Waals surface area contributed by atoms with Gasteiger partial charge >= 0.3 is 0 Å². The topological polar surface area (TPSA) is 61.3 Å². The molecule has 1 heterocycles. The average molecular weight is 267 g/mol. The second-order valence-electron chi connectivity index (χ2n) is 4.20. The standard InChI is InChI=1S/C13H15ClN2O2/c1-8-5-11(18-16-8)7-17-13-4-3-10(9(2)15)6-12(13)14/h3-6,9H,7,15H2,1-2H3/t9-/m1/s1. The van der Waals surface area contributed by atoms with E-state index in [0.29, 0.717) is 23.1 Å². The fraction of sp³-hybridized carbons (Fsp3) is 0.308. The summed E-state index contributed by atoms with van der Waals surface area (Å²) in [6.07, 6.45) is 0. The van der Waals surface area contributed by atoms with Gasteiger partial charge in [-0.05, 0) is 31.5 Å². The van der Waals surface area contributed by atoms with Gasteiger partial charge < -0.3 is 15.0 Å². The quantitative estimate of drug-likeness (QED) is 0.923. The molecule has 18 heavy (non-hydrogen) atoms. The summed E-state index contributed by atoms with van der Waals surface area (Å²) in [5.74, 6) is 1.27. The van der Waals surface area contributed by atoms with Gasteiger partial charge in [-0.3, -0.25) is 0 Å². The summed E-state index contributed by atoms with van der Waals surface area (Å²) in [7, 11) is 0. The highest BCUT2D eigenvalue weighted by Crippen LogP contribution is 2.28. The van der Waals surface area contributed by atoms with Crippen LogP contribution < -0.4 is 10.5 Å². The van der Waals surface area contributed by atoms with E-state index in [4.69, 9.17) is 26.6 Å². The molecule has 2 rings (SSSR count). The van der Waals surface area contributed by atoms with Gasteiger partial charge in [-0.15, -0.1) is 0 Å². The number of nitrogens with two attached hydrogens (primary N) is 1. The van der Waals surface area contributed by atoms with Gasteiger partial charge in [0.25, 0.3) is 0 Å². The highest BCUT2D eigenvalue weighted by molar-refractivity contribution is 6.32. The van der Waals surface area contributed by atoms with Gasteiger partial charge in [0.1, 0.15) is 12.4 Å². The molecule has 0 unspecified atom stereocenters. The number of hydrogen-bond donors (Lipinski definition) is 1. The van der Waals surface area contributed by atoms with Crippen LogP contribution in [0.2, 0.25) is 5.02 Å². The van der Waals surface area contributed by atoms with Crippen molar-refractivity contribution in [1.29, 1.82) is 0 Å². The monoisotopic (exact) mass is 266 g/mol. The third-order valence-corrected chi connectivity index (χ3v) is 2.82. The Kier molecular flexibility index (Phi) is 3.89. The van der Waals surface area contributed by atoms with Crippen LogP contribution in [0.4, 0.5) is 0 Å². The molecule has 96 valence electrons. The molecule has 4 nitrogen and oxygen atoms in total. The van der Waals surface area contributed by atoms with Crippen LogP contribution in [0.1, 0.15) is 30.0 Å². The van der Waals surface area contributed by atoms with Gasteiger partial charge in [0.2, 0.25) is 0 Å². The van der Waals surface area contributed by atoms with Gasteiger partial charge in [0.15, 0.2) is 5.76 Å². The van der Waals surface area contributed by atoms with E-state index < -0.39 is 0 Å². The summed E-state index contributed by atoms with van der Waals surface area (Å²) in [5, 5.41) is 4.33. The molecule has 0 bridgehead atoms. The van der Waals surface area contributed by atoms with E-state index in [0.717, 1.165) is 11.3 Å². The lowest BCUT2D eigenvalue weighted by atomic mass is 10.1. The van der Waals surface area contributed by atoms with Gasteiger partial charge in [-0.25, -0.2) is 0 Å². The third kappa shape index (κ3) is 3.03. The summed E-state index contributed by atoms with van der Waals surface area (Å²) < 4.78 is 10.6. The van der Waals surface area contributed by atoms with Crippen molar-refractivity contribution in [3.8, 4) is 5.75 Å². The maximum Gasteiger partial charge on any atom is 0.174 e. The number of hydrogen-bond acceptors (Lipinski definition) is 4. The SMILES string of the molecule is Cc1cc(COc2ccc([C@@H](C)N)cc2Cl)on1. The Morgan fingerprint density at radius 3 is 2.78 bits per heavy atom. The third-order valence-electron chi connectivity index (χ3n) is 2.53. The Balaban J connectivity index is 2.05. The van der Waals surface area contributed by atoms with Gasteiger partial charge in [-0.1, -0.05) is 22.8 Å².